The van der Waals surface area contributed by atoms with Crippen molar-refractivity contribution in [3.8, 4) is 0 Å². The number of carbonyl (C=O) groups is 3. The number of carboxylic acids is 1. The number of imidazole rings is 1. The predicted molar refractivity (Wildman–Crippen MR) is 44.8 cm³/mol. The number of ketones is 2. The van der Waals surface area contributed by atoms with Gasteiger partial charge in [0.05, 0.1) is 6.42 Å². The monoisotopic (exact) mass is 196 g/mol. The highest BCUT2D eigenvalue weighted by molar-refractivity contribution is 6.37. The van der Waals surface area contributed by atoms with Gasteiger partial charge in [0.2, 0.25) is 11.6 Å². The molecule has 0 fully saturated rings. The van der Waals surface area contributed by atoms with E-state index in [4.69, 9.17) is 5.11 Å². The molecule has 0 amide bonds. The van der Waals surface area contributed by atoms with E-state index >= 15 is 0 Å². The Morgan fingerprint density at radius 2 is 2.14 bits per heavy atom. The number of carbonyl (C=O) groups excluding carboxylic acids is 2. The quantitative estimate of drug-likeness (QED) is 0.403. The molecule has 0 atom stereocenters. The van der Waals surface area contributed by atoms with Gasteiger partial charge in [0, 0.05) is 19.4 Å². The van der Waals surface area contributed by atoms with Crippen molar-refractivity contribution in [1.82, 2.24) is 9.55 Å². The standard InChI is InChI=1S/C8H8N2O4/c1-10-3-2-9-7(10)5(11)4-6(12)8(13)14/h2-3H,4H2,1H3,(H,13,14). The van der Waals surface area contributed by atoms with Gasteiger partial charge in [-0.05, 0) is 0 Å². The Kier molecular flexibility index (Phi) is 2.76. The van der Waals surface area contributed by atoms with Crippen molar-refractivity contribution in [2.75, 3.05) is 0 Å². The molecule has 0 radical (unpaired) electrons. The smallest absolute Gasteiger partial charge is 0.372 e. The van der Waals surface area contributed by atoms with Crippen LogP contribution in [0.15, 0.2) is 12.4 Å². The molecule has 0 bridgehead atoms. The predicted octanol–water partition coefficient (Wildman–Crippen LogP) is -0.353. The number of nitrogens with zero attached hydrogens (tertiary/aromatic N) is 2. The highest BCUT2D eigenvalue weighted by atomic mass is 16.4. The van der Waals surface area contributed by atoms with Crippen molar-refractivity contribution < 1.29 is 19.5 Å². The minimum atomic E-state index is -1.60. The van der Waals surface area contributed by atoms with Gasteiger partial charge in [0.25, 0.3) is 0 Å². The van der Waals surface area contributed by atoms with Crippen LogP contribution in [-0.2, 0) is 16.6 Å². The molecule has 0 spiro atoms. The second kappa shape index (κ2) is 3.82. The second-order valence-corrected chi connectivity index (χ2v) is 2.69. The van der Waals surface area contributed by atoms with Gasteiger partial charge >= 0.3 is 5.97 Å². The van der Waals surface area contributed by atoms with Crippen molar-refractivity contribution in [3.63, 3.8) is 0 Å². The summed E-state index contributed by atoms with van der Waals surface area (Å²) in [6.45, 7) is 0. The second-order valence-electron chi connectivity index (χ2n) is 2.69. The summed E-state index contributed by atoms with van der Waals surface area (Å²) < 4.78 is 1.43. The van der Waals surface area contributed by atoms with Crippen LogP contribution in [0.3, 0.4) is 0 Å². The molecule has 1 N–H and O–H groups in total. The van der Waals surface area contributed by atoms with Crippen LogP contribution in [0.4, 0.5) is 0 Å². The number of carboxylic acid groups (broad SMARTS) is 1. The Hall–Kier alpha value is -1.98. The molecule has 1 aromatic rings. The van der Waals surface area contributed by atoms with Crippen molar-refractivity contribution in [2.45, 2.75) is 6.42 Å². The lowest BCUT2D eigenvalue weighted by atomic mass is 10.2. The van der Waals surface area contributed by atoms with Gasteiger partial charge in [-0.1, -0.05) is 0 Å². The first-order valence-corrected chi connectivity index (χ1v) is 3.79. The van der Waals surface area contributed by atoms with Crippen molar-refractivity contribution in [1.29, 1.82) is 0 Å². The molecule has 6 heteroatoms. The Labute approximate surface area is 79.2 Å². The number of aliphatic carboxylic acids is 1. The summed E-state index contributed by atoms with van der Waals surface area (Å²) in [4.78, 5) is 35.8. The first-order chi connectivity index (χ1) is 6.52. The average molecular weight is 196 g/mol. The first kappa shape index (κ1) is 10.1. The summed E-state index contributed by atoms with van der Waals surface area (Å²) in [7, 11) is 1.59. The lowest BCUT2D eigenvalue weighted by Crippen LogP contribution is -2.19. The maximum absolute atomic E-state index is 11.3. The molecule has 74 valence electrons. The molecular formula is C8H8N2O4. The van der Waals surface area contributed by atoms with Crippen LogP contribution in [0, 0.1) is 0 Å². The van der Waals surface area contributed by atoms with Gasteiger partial charge in [-0.3, -0.25) is 9.59 Å². The average Bonchev–Trinajstić information content (AvgIpc) is 2.51. The van der Waals surface area contributed by atoms with Gasteiger partial charge in [-0.2, -0.15) is 0 Å². The normalized spacial score (nSPS) is 9.79. The highest BCUT2D eigenvalue weighted by Crippen LogP contribution is 2.00. The number of hydrogen-bond donors (Lipinski definition) is 1. The van der Waals surface area contributed by atoms with E-state index < -0.39 is 24.0 Å². The molecule has 1 rings (SSSR count). The summed E-state index contributed by atoms with van der Waals surface area (Å²) in [5.74, 6) is -3.24. The first-order valence-electron chi connectivity index (χ1n) is 3.79. The van der Waals surface area contributed by atoms with Crippen molar-refractivity contribution >= 4 is 17.5 Å². The molecule has 6 nitrogen and oxygen atoms in total. The van der Waals surface area contributed by atoms with E-state index in [2.05, 4.69) is 4.98 Å². The number of aromatic nitrogens is 2. The van der Waals surface area contributed by atoms with Gasteiger partial charge in [-0.25, -0.2) is 9.78 Å². The zero-order valence-corrected chi connectivity index (χ0v) is 7.43. The maximum atomic E-state index is 11.3. The van der Waals surface area contributed by atoms with Crippen LogP contribution in [-0.4, -0.2) is 32.2 Å². The lowest BCUT2D eigenvalue weighted by molar-refractivity contribution is -0.148. The molecule has 0 aliphatic rings. The Bertz CT molecular complexity index is 394. The van der Waals surface area contributed by atoms with Gasteiger partial charge in [-0.15, -0.1) is 0 Å². The Morgan fingerprint density at radius 1 is 1.50 bits per heavy atom. The maximum Gasteiger partial charge on any atom is 0.372 e. The molecule has 1 heterocycles. The minimum Gasteiger partial charge on any atom is -0.475 e. The van der Waals surface area contributed by atoms with E-state index in [1.165, 1.54) is 10.8 Å². The van der Waals surface area contributed by atoms with Gasteiger partial charge < -0.3 is 9.67 Å². The van der Waals surface area contributed by atoms with Gasteiger partial charge in [0.1, 0.15) is 0 Å². The molecule has 0 aromatic carbocycles. The van der Waals surface area contributed by atoms with E-state index in [9.17, 15) is 14.4 Å². The molecule has 0 aliphatic heterocycles. The molecule has 14 heavy (non-hydrogen) atoms. The summed E-state index contributed by atoms with van der Waals surface area (Å²) in [6, 6.07) is 0. The minimum absolute atomic E-state index is 0.0830. The Morgan fingerprint density at radius 3 is 2.57 bits per heavy atom. The SMILES string of the molecule is Cn1ccnc1C(=O)CC(=O)C(=O)O. The Balaban J connectivity index is 2.74. The fourth-order valence-corrected chi connectivity index (χ4v) is 0.935. The summed E-state index contributed by atoms with van der Waals surface area (Å²) in [6.07, 6.45) is 2.29. The molecule has 1 aromatic heterocycles. The third kappa shape index (κ3) is 2.03. The molecular weight excluding hydrogens is 188 g/mol. The van der Waals surface area contributed by atoms with E-state index in [-0.39, 0.29) is 5.82 Å². The van der Waals surface area contributed by atoms with Crippen LogP contribution < -0.4 is 0 Å². The van der Waals surface area contributed by atoms with Crippen LogP contribution in [0.25, 0.3) is 0 Å². The van der Waals surface area contributed by atoms with E-state index in [1.807, 2.05) is 0 Å². The van der Waals surface area contributed by atoms with Crippen LogP contribution in [0.1, 0.15) is 17.0 Å². The number of rotatable bonds is 4. The summed E-state index contributed by atoms with van der Waals surface area (Å²) in [5.41, 5.74) is 0. The van der Waals surface area contributed by atoms with Crippen LogP contribution >= 0.6 is 0 Å². The number of hydrogen-bond acceptors (Lipinski definition) is 4. The molecule has 0 saturated heterocycles. The third-order valence-corrected chi connectivity index (χ3v) is 1.63. The largest absolute Gasteiger partial charge is 0.475 e. The van der Waals surface area contributed by atoms with E-state index in [1.54, 1.807) is 13.2 Å². The number of Topliss-reactive ketones (excluding diaryl/α,β-unsaturated/α-hetero) is 2. The van der Waals surface area contributed by atoms with Crippen molar-refractivity contribution in [2.24, 2.45) is 7.05 Å². The van der Waals surface area contributed by atoms with Crippen molar-refractivity contribution in [3.05, 3.63) is 18.2 Å². The summed E-state index contributed by atoms with van der Waals surface area (Å²) >= 11 is 0. The fraction of sp³-hybridized carbons (Fsp3) is 0.250. The van der Waals surface area contributed by atoms with E-state index in [0.717, 1.165) is 0 Å². The lowest BCUT2D eigenvalue weighted by Gasteiger charge is -1.97. The van der Waals surface area contributed by atoms with Crippen LogP contribution in [0.2, 0.25) is 0 Å². The topological polar surface area (TPSA) is 89.3 Å². The molecule has 0 aliphatic carbocycles. The van der Waals surface area contributed by atoms with Gasteiger partial charge in [0.15, 0.2) is 5.82 Å². The molecule has 0 unspecified atom stereocenters. The zero-order chi connectivity index (χ0) is 10.7. The summed E-state index contributed by atoms with van der Waals surface area (Å²) in [5, 5.41) is 8.27. The zero-order valence-electron chi connectivity index (χ0n) is 7.43. The highest BCUT2D eigenvalue weighted by Gasteiger charge is 2.20. The van der Waals surface area contributed by atoms with E-state index in [0.29, 0.717) is 0 Å². The third-order valence-electron chi connectivity index (χ3n) is 1.63. The fourth-order valence-electron chi connectivity index (χ4n) is 0.935. The molecule has 0 saturated carbocycles. The van der Waals surface area contributed by atoms with Crippen LogP contribution in [0.5, 0.6) is 0 Å². The number of aryl methyl sites for hydroxylation is 1.